The molecule has 5 heteroatoms. The van der Waals surface area contributed by atoms with Crippen LogP contribution in [0.25, 0.3) is 0 Å². The summed E-state index contributed by atoms with van der Waals surface area (Å²) < 4.78 is 0. The van der Waals surface area contributed by atoms with Gasteiger partial charge in [0.05, 0.1) is 12.1 Å². The Morgan fingerprint density at radius 2 is 1.76 bits per heavy atom. The molecule has 1 aliphatic rings. The fraction of sp³-hybridized carbons (Fsp3) is 0.188. The van der Waals surface area contributed by atoms with Crippen molar-refractivity contribution < 1.29 is 5.11 Å². The Kier molecular flexibility index (Phi) is 3.26. The number of phenolic OH excluding ortho intramolecular Hbond substituents is 1. The number of aliphatic imine (C=N–C) groups is 1. The topological polar surface area (TPSA) is 61.9 Å². The van der Waals surface area contributed by atoms with Gasteiger partial charge in [0.1, 0.15) is 5.75 Å². The van der Waals surface area contributed by atoms with E-state index in [1.165, 1.54) is 0 Å². The van der Waals surface area contributed by atoms with Crippen LogP contribution in [0.3, 0.4) is 0 Å². The average molecular weight is 302 g/mol. The van der Waals surface area contributed by atoms with Crippen molar-refractivity contribution in [3.63, 3.8) is 0 Å². The molecule has 3 rings (SSSR count). The van der Waals surface area contributed by atoms with Crippen LogP contribution < -0.4 is 10.6 Å². The molecule has 1 aliphatic heterocycles. The molecule has 0 saturated heterocycles. The molecule has 1 heterocycles. The van der Waals surface area contributed by atoms with Gasteiger partial charge in [-0.2, -0.15) is 0 Å². The third-order valence-corrected chi connectivity index (χ3v) is 4.10. The molecule has 0 spiro atoms. The van der Waals surface area contributed by atoms with Gasteiger partial charge in [0, 0.05) is 10.7 Å². The van der Waals surface area contributed by atoms with E-state index in [9.17, 15) is 5.11 Å². The molecule has 3 N–H and O–H groups in total. The lowest BCUT2D eigenvalue weighted by molar-refractivity contribution is 0.473. The number of hydrogen-bond acceptors (Lipinski definition) is 4. The molecular weight excluding hydrogens is 286 g/mol. The van der Waals surface area contributed by atoms with Crippen LogP contribution in [0.5, 0.6) is 5.75 Å². The highest BCUT2D eigenvalue weighted by Gasteiger charge is 2.40. The molecular formula is C16H16ClN3O. The Morgan fingerprint density at radius 1 is 1.14 bits per heavy atom. The zero-order chi connectivity index (χ0) is 15.0. The second-order valence-electron chi connectivity index (χ2n) is 5.31. The Hall–Kier alpha value is -2.20. The maximum Gasteiger partial charge on any atom is 0.196 e. The fourth-order valence-corrected chi connectivity index (χ4v) is 2.80. The van der Waals surface area contributed by atoms with E-state index in [-0.39, 0.29) is 11.3 Å². The van der Waals surface area contributed by atoms with Gasteiger partial charge in [-0.05, 0) is 48.9 Å². The molecule has 0 saturated carbocycles. The first-order chi connectivity index (χ1) is 10.0. The van der Waals surface area contributed by atoms with E-state index < -0.39 is 0 Å². The van der Waals surface area contributed by atoms with Gasteiger partial charge in [-0.3, -0.25) is 4.99 Å². The normalized spacial score (nSPS) is 21.4. The van der Waals surface area contributed by atoms with Crippen LogP contribution >= 0.6 is 11.6 Å². The van der Waals surface area contributed by atoms with Crippen LogP contribution in [-0.2, 0) is 5.54 Å². The smallest absolute Gasteiger partial charge is 0.196 e. The number of rotatable bonds is 2. The van der Waals surface area contributed by atoms with E-state index in [0.717, 1.165) is 11.3 Å². The van der Waals surface area contributed by atoms with Crippen molar-refractivity contribution in [1.82, 2.24) is 0 Å². The number of halogens is 1. The number of nitrogens with zero attached hydrogens (tertiary/aromatic N) is 2. The van der Waals surface area contributed by atoms with Gasteiger partial charge in [0.15, 0.2) is 5.96 Å². The SMILES string of the molecule is CC1(c2ccc(O)cc2)CN=C(N)N1c1ccc(Cl)cc1. The van der Waals surface area contributed by atoms with Crippen molar-refractivity contribution >= 4 is 23.2 Å². The summed E-state index contributed by atoms with van der Waals surface area (Å²) >= 11 is 5.95. The molecule has 108 valence electrons. The Morgan fingerprint density at radius 3 is 2.38 bits per heavy atom. The van der Waals surface area contributed by atoms with Gasteiger partial charge in [-0.15, -0.1) is 0 Å². The van der Waals surface area contributed by atoms with E-state index >= 15 is 0 Å². The van der Waals surface area contributed by atoms with E-state index in [1.54, 1.807) is 12.1 Å². The number of benzene rings is 2. The highest BCUT2D eigenvalue weighted by molar-refractivity contribution is 6.30. The molecule has 1 atom stereocenters. The molecule has 1 unspecified atom stereocenters. The average Bonchev–Trinajstić information content (AvgIpc) is 2.78. The Balaban J connectivity index is 2.05. The number of aromatic hydroxyl groups is 1. The maximum absolute atomic E-state index is 9.47. The van der Waals surface area contributed by atoms with Crippen molar-refractivity contribution in [3.05, 3.63) is 59.1 Å². The van der Waals surface area contributed by atoms with Gasteiger partial charge in [0.25, 0.3) is 0 Å². The van der Waals surface area contributed by atoms with Crippen LogP contribution in [0.4, 0.5) is 5.69 Å². The molecule has 2 aromatic rings. The molecule has 0 aromatic heterocycles. The van der Waals surface area contributed by atoms with Crippen LogP contribution in [0.15, 0.2) is 53.5 Å². The first-order valence-corrected chi connectivity index (χ1v) is 7.04. The number of anilines is 1. The van der Waals surface area contributed by atoms with Crippen LogP contribution in [-0.4, -0.2) is 17.6 Å². The summed E-state index contributed by atoms with van der Waals surface area (Å²) in [5.41, 5.74) is 7.68. The predicted molar refractivity (Wildman–Crippen MR) is 85.9 cm³/mol. The van der Waals surface area contributed by atoms with Gasteiger partial charge >= 0.3 is 0 Å². The summed E-state index contributed by atoms with van der Waals surface area (Å²) in [7, 11) is 0. The standard InChI is InChI=1S/C16H16ClN3O/c1-16(11-2-8-14(21)9-3-11)10-19-15(18)20(16)13-6-4-12(17)5-7-13/h2-9,21H,10H2,1H3,(H2,18,19). The highest BCUT2D eigenvalue weighted by atomic mass is 35.5. The first-order valence-electron chi connectivity index (χ1n) is 6.66. The van der Waals surface area contributed by atoms with Crippen molar-refractivity contribution in [2.45, 2.75) is 12.5 Å². The number of guanidine groups is 1. The first kappa shape index (κ1) is 13.8. The number of nitrogens with two attached hydrogens (primary N) is 1. The third-order valence-electron chi connectivity index (χ3n) is 3.85. The van der Waals surface area contributed by atoms with E-state index in [2.05, 4.69) is 11.9 Å². The van der Waals surface area contributed by atoms with Gasteiger partial charge in [0.2, 0.25) is 0 Å². The fourth-order valence-electron chi connectivity index (χ4n) is 2.68. The van der Waals surface area contributed by atoms with Crippen molar-refractivity contribution in [2.75, 3.05) is 11.4 Å². The second kappa shape index (κ2) is 4.97. The molecule has 0 radical (unpaired) electrons. The number of hydrogen-bond donors (Lipinski definition) is 2. The van der Waals surface area contributed by atoms with Gasteiger partial charge in [-0.1, -0.05) is 23.7 Å². The monoisotopic (exact) mass is 301 g/mol. The summed E-state index contributed by atoms with van der Waals surface area (Å²) in [6, 6.07) is 14.7. The summed E-state index contributed by atoms with van der Waals surface area (Å²) in [6.07, 6.45) is 0. The molecule has 4 nitrogen and oxygen atoms in total. The largest absolute Gasteiger partial charge is 0.508 e. The van der Waals surface area contributed by atoms with Crippen molar-refractivity contribution in [2.24, 2.45) is 10.7 Å². The lowest BCUT2D eigenvalue weighted by atomic mass is 9.90. The van der Waals surface area contributed by atoms with Crippen LogP contribution in [0.1, 0.15) is 12.5 Å². The summed E-state index contributed by atoms with van der Waals surface area (Å²) in [5.74, 6) is 0.722. The maximum atomic E-state index is 9.47. The third kappa shape index (κ3) is 2.32. The lowest BCUT2D eigenvalue weighted by Crippen LogP contribution is -2.47. The summed E-state index contributed by atoms with van der Waals surface area (Å²) in [6.45, 7) is 2.64. The minimum atomic E-state index is -0.383. The van der Waals surface area contributed by atoms with Crippen LogP contribution in [0.2, 0.25) is 5.02 Å². The molecule has 0 bridgehead atoms. The number of phenols is 1. The minimum absolute atomic E-state index is 0.243. The van der Waals surface area contributed by atoms with Gasteiger partial charge < -0.3 is 15.7 Å². The van der Waals surface area contributed by atoms with Crippen LogP contribution in [0, 0.1) is 0 Å². The van der Waals surface area contributed by atoms with Gasteiger partial charge in [-0.25, -0.2) is 0 Å². The van der Waals surface area contributed by atoms with Crippen molar-refractivity contribution in [1.29, 1.82) is 0 Å². The predicted octanol–water partition coefficient (Wildman–Crippen LogP) is 3.10. The van der Waals surface area contributed by atoms with Crippen molar-refractivity contribution in [3.8, 4) is 5.75 Å². The summed E-state index contributed by atoms with van der Waals surface area (Å²) in [4.78, 5) is 6.39. The minimum Gasteiger partial charge on any atom is -0.508 e. The summed E-state index contributed by atoms with van der Waals surface area (Å²) in [5, 5.41) is 10.1. The molecule has 0 aliphatic carbocycles. The molecule has 0 fully saturated rings. The Labute approximate surface area is 128 Å². The lowest BCUT2D eigenvalue weighted by Gasteiger charge is -2.36. The Bertz CT molecular complexity index is 682. The second-order valence-corrected chi connectivity index (χ2v) is 5.74. The van der Waals surface area contributed by atoms with E-state index in [0.29, 0.717) is 17.5 Å². The zero-order valence-electron chi connectivity index (χ0n) is 11.6. The zero-order valence-corrected chi connectivity index (χ0v) is 12.4. The quantitative estimate of drug-likeness (QED) is 0.896. The molecule has 21 heavy (non-hydrogen) atoms. The molecule has 2 aromatic carbocycles. The van der Waals surface area contributed by atoms with E-state index in [1.807, 2.05) is 41.3 Å². The highest BCUT2D eigenvalue weighted by Crippen LogP contribution is 2.37. The van der Waals surface area contributed by atoms with E-state index in [4.69, 9.17) is 17.3 Å². The molecule has 0 amide bonds.